The van der Waals surface area contributed by atoms with Gasteiger partial charge in [0.15, 0.2) is 0 Å². The molecule has 0 amide bonds. The van der Waals surface area contributed by atoms with Gasteiger partial charge >= 0.3 is 0 Å². The molecule has 1 unspecified atom stereocenters. The highest BCUT2D eigenvalue weighted by atomic mass is 79.9. The van der Waals surface area contributed by atoms with Gasteiger partial charge in [0.05, 0.1) is 6.10 Å². The van der Waals surface area contributed by atoms with Gasteiger partial charge in [0.25, 0.3) is 0 Å². The molecule has 0 saturated carbocycles. The van der Waals surface area contributed by atoms with Gasteiger partial charge in [-0.1, -0.05) is 0 Å². The summed E-state index contributed by atoms with van der Waals surface area (Å²) in [7, 11) is 0. The Morgan fingerprint density at radius 3 is 3.06 bits per heavy atom. The predicted molar refractivity (Wildman–Crippen MR) is 66.4 cm³/mol. The second-order valence-corrected chi connectivity index (χ2v) is 5.24. The maximum absolute atomic E-state index is 10.0. The van der Waals surface area contributed by atoms with Crippen molar-refractivity contribution in [1.82, 2.24) is 14.8 Å². The zero-order valence-corrected chi connectivity index (χ0v) is 11.2. The van der Waals surface area contributed by atoms with Crippen LogP contribution in [0, 0.1) is 0 Å². The lowest BCUT2D eigenvalue weighted by Crippen LogP contribution is -2.08. The molecule has 4 nitrogen and oxygen atoms in total. The van der Waals surface area contributed by atoms with Crippen LogP contribution in [-0.2, 0) is 13.0 Å². The van der Waals surface area contributed by atoms with E-state index in [0.717, 1.165) is 21.7 Å². The average molecular weight is 302 g/mol. The highest BCUT2D eigenvalue weighted by molar-refractivity contribution is 9.10. The molecule has 0 bridgehead atoms. The molecule has 6 heteroatoms. The predicted octanol–water partition coefficient (Wildman–Crippen LogP) is 2.40. The summed E-state index contributed by atoms with van der Waals surface area (Å²) in [5.41, 5.74) is 0. The van der Waals surface area contributed by atoms with Crippen molar-refractivity contribution in [2.45, 2.75) is 26.0 Å². The quantitative estimate of drug-likeness (QED) is 0.943. The molecule has 2 aromatic rings. The van der Waals surface area contributed by atoms with Gasteiger partial charge in [-0.15, -0.1) is 11.3 Å². The van der Waals surface area contributed by atoms with Crippen LogP contribution in [0.4, 0.5) is 0 Å². The van der Waals surface area contributed by atoms with Crippen molar-refractivity contribution in [1.29, 1.82) is 0 Å². The highest BCUT2D eigenvalue weighted by Crippen LogP contribution is 2.27. The van der Waals surface area contributed by atoms with Crippen LogP contribution in [0.2, 0.25) is 0 Å². The van der Waals surface area contributed by atoms with Crippen LogP contribution in [0.5, 0.6) is 0 Å². The number of hydrogen-bond donors (Lipinski definition) is 1. The molecule has 0 aromatic carbocycles. The van der Waals surface area contributed by atoms with Crippen molar-refractivity contribution < 1.29 is 5.11 Å². The Hall–Kier alpha value is -0.720. The standard InChI is InChI=1S/C10H12BrN3OS/c1-2-14-10(12-6-13-14)4-8(15)9-3-7(11)5-16-9/h3,5-6,8,15H,2,4H2,1H3. The van der Waals surface area contributed by atoms with E-state index in [-0.39, 0.29) is 0 Å². The lowest BCUT2D eigenvalue weighted by atomic mass is 10.2. The van der Waals surface area contributed by atoms with Crippen molar-refractivity contribution in [2.24, 2.45) is 0 Å². The second-order valence-electron chi connectivity index (χ2n) is 3.38. The molecule has 0 aliphatic rings. The zero-order chi connectivity index (χ0) is 11.5. The number of nitrogens with zero attached hydrogens (tertiary/aromatic N) is 3. The summed E-state index contributed by atoms with van der Waals surface area (Å²) in [6.07, 6.45) is 1.52. The molecule has 0 saturated heterocycles. The monoisotopic (exact) mass is 301 g/mol. The summed E-state index contributed by atoms with van der Waals surface area (Å²) >= 11 is 4.91. The van der Waals surface area contributed by atoms with Crippen molar-refractivity contribution >= 4 is 27.3 Å². The van der Waals surface area contributed by atoms with E-state index in [0.29, 0.717) is 6.42 Å². The fraction of sp³-hybridized carbons (Fsp3) is 0.400. The Morgan fingerprint density at radius 2 is 2.44 bits per heavy atom. The Morgan fingerprint density at radius 1 is 1.62 bits per heavy atom. The summed E-state index contributed by atoms with van der Waals surface area (Å²) in [6.45, 7) is 2.78. The Bertz CT molecular complexity index is 468. The first-order chi connectivity index (χ1) is 7.70. The number of aromatic nitrogens is 3. The third-order valence-electron chi connectivity index (χ3n) is 2.29. The lowest BCUT2D eigenvalue weighted by Gasteiger charge is -2.08. The van der Waals surface area contributed by atoms with Crippen molar-refractivity contribution in [2.75, 3.05) is 0 Å². The van der Waals surface area contributed by atoms with E-state index in [9.17, 15) is 5.11 Å². The summed E-state index contributed by atoms with van der Waals surface area (Å²) in [5.74, 6) is 0.819. The minimum Gasteiger partial charge on any atom is -0.387 e. The van der Waals surface area contributed by atoms with Gasteiger partial charge in [0, 0.05) is 27.7 Å². The highest BCUT2D eigenvalue weighted by Gasteiger charge is 2.14. The fourth-order valence-corrected chi connectivity index (χ4v) is 2.92. The maximum Gasteiger partial charge on any atom is 0.138 e. The fourth-order valence-electron chi connectivity index (χ4n) is 1.49. The van der Waals surface area contributed by atoms with Crippen LogP contribution in [0.15, 0.2) is 22.2 Å². The van der Waals surface area contributed by atoms with Crippen LogP contribution in [0.3, 0.4) is 0 Å². The van der Waals surface area contributed by atoms with E-state index in [1.165, 1.54) is 17.7 Å². The van der Waals surface area contributed by atoms with Crippen LogP contribution >= 0.6 is 27.3 Å². The molecule has 0 aliphatic heterocycles. The summed E-state index contributed by atoms with van der Waals surface area (Å²) in [6, 6.07) is 1.93. The largest absolute Gasteiger partial charge is 0.387 e. The Labute approximate surface area is 106 Å². The third kappa shape index (κ3) is 2.50. The second kappa shape index (κ2) is 5.07. The Kier molecular flexibility index (Phi) is 3.73. The van der Waals surface area contributed by atoms with Gasteiger partial charge in [-0.25, -0.2) is 4.98 Å². The summed E-state index contributed by atoms with van der Waals surface area (Å²) in [4.78, 5) is 5.09. The summed E-state index contributed by atoms with van der Waals surface area (Å²) in [5, 5.41) is 16.1. The number of halogens is 1. The van der Waals surface area contributed by atoms with Gasteiger partial charge in [-0.05, 0) is 28.9 Å². The minimum atomic E-state index is -0.509. The molecule has 1 atom stereocenters. The molecule has 2 heterocycles. The van der Waals surface area contributed by atoms with Crippen LogP contribution in [0.1, 0.15) is 23.7 Å². The smallest absolute Gasteiger partial charge is 0.138 e. The van der Waals surface area contributed by atoms with Crippen molar-refractivity contribution in [3.8, 4) is 0 Å². The SMILES string of the molecule is CCn1ncnc1CC(O)c1cc(Br)cs1. The molecule has 0 aliphatic carbocycles. The minimum absolute atomic E-state index is 0.501. The molecule has 0 fully saturated rings. The molecule has 0 spiro atoms. The van der Waals surface area contributed by atoms with Gasteiger partial charge in [0.1, 0.15) is 12.2 Å². The van der Waals surface area contributed by atoms with E-state index >= 15 is 0 Å². The molecule has 2 rings (SSSR count). The first kappa shape index (κ1) is 11.8. The van der Waals surface area contributed by atoms with E-state index in [4.69, 9.17) is 0 Å². The molecule has 86 valence electrons. The first-order valence-electron chi connectivity index (χ1n) is 4.99. The number of aliphatic hydroxyl groups is 1. The number of aryl methyl sites for hydroxylation is 1. The van der Waals surface area contributed by atoms with Crippen molar-refractivity contribution in [3.05, 3.63) is 32.9 Å². The average Bonchev–Trinajstić information content (AvgIpc) is 2.86. The van der Waals surface area contributed by atoms with E-state index in [2.05, 4.69) is 26.0 Å². The maximum atomic E-state index is 10.0. The normalized spacial score (nSPS) is 12.9. The zero-order valence-electron chi connectivity index (χ0n) is 8.80. The number of aliphatic hydroxyl groups excluding tert-OH is 1. The molecule has 16 heavy (non-hydrogen) atoms. The molecular weight excluding hydrogens is 290 g/mol. The van der Waals surface area contributed by atoms with Gasteiger partial charge in [0.2, 0.25) is 0 Å². The van der Waals surface area contributed by atoms with E-state index in [1.807, 2.05) is 18.4 Å². The molecule has 0 radical (unpaired) electrons. The third-order valence-corrected chi connectivity index (χ3v) is 4.08. The first-order valence-corrected chi connectivity index (χ1v) is 6.66. The van der Waals surface area contributed by atoms with E-state index in [1.54, 1.807) is 4.68 Å². The molecule has 2 aromatic heterocycles. The van der Waals surface area contributed by atoms with Gasteiger partial charge < -0.3 is 5.11 Å². The molecule has 1 N–H and O–H groups in total. The molecular formula is C10H12BrN3OS. The summed E-state index contributed by atoms with van der Waals surface area (Å²) < 4.78 is 2.80. The van der Waals surface area contributed by atoms with Gasteiger partial charge in [-0.2, -0.15) is 5.10 Å². The van der Waals surface area contributed by atoms with Crippen molar-refractivity contribution in [3.63, 3.8) is 0 Å². The number of thiophene rings is 1. The lowest BCUT2D eigenvalue weighted by molar-refractivity contribution is 0.178. The number of hydrogen-bond acceptors (Lipinski definition) is 4. The van der Waals surface area contributed by atoms with Crippen LogP contribution in [-0.4, -0.2) is 19.9 Å². The van der Waals surface area contributed by atoms with Crippen LogP contribution < -0.4 is 0 Å². The van der Waals surface area contributed by atoms with E-state index < -0.39 is 6.10 Å². The van der Waals surface area contributed by atoms with Gasteiger partial charge in [-0.3, -0.25) is 4.68 Å². The Balaban J connectivity index is 2.10. The topological polar surface area (TPSA) is 50.9 Å². The van der Waals surface area contributed by atoms with Crippen LogP contribution in [0.25, 0.3) is 0 Å². The number of rotatable bonds is 4.